The minimum Gasteiger partial charge on any atom is -0.348 e. The van der Waals surface area contributed by atoms with Crippen molar-refractivity contribution < 1.29 is 4.79 Å². The summed E-state index contributed by atoms with van der Waals surface area (Å²) in [5, 5.41) is 3.39. The van der Waals surface area contributed by atoms with Crippen molar-refractivity contribution in [3.63, 3.8) is 0 Å². The van der Waals surface area contributed by atoms with E-state index in [1.807, 2.05) is 13.8 Å². The molecular weight excluding hydrogens is 360 g/mol. The first-order valence-electron chi connectivity index (χ1n) is 9.72. The highest BCUT2D eigenvalue weighted by molar-refractivity contribution is 6.30. The van der Waals surface area contributed by atoms with E-state index >= 15 is 0 Å². The van der Waals surface area contributed by atoms with Crippen molar-refractivity contribution >= 4 is 23.2 Å². The molecule has 0 spiro atoms. The molecule has 0 bridgehead atoms. The lowest BCUT2D eigenvalue weighted by Crippen LogP contribution is -2.27. The Bertz CT molecular complexity index is 825. The number of pyridine rings is 1. The first kappa shape index (κ1) is 21.2. The van der Waals surface area contributed by atoms with Crippen molar-refractivity contribution in [1.82, 2.24) is 4.57 Å². The van der Waals surface area contributed by atoms with Gasteiger partial charge in [0.25, 0.3) is 5.91 Å². The van der Waals surface area contributed by atoms with Crippen LogP contribution in [0.1, 0.15) is 67.2 Å². The minimum absolute atomic E-state index is 0.210. The molecule has 4 nitrogen and oxygen atoms in total. The summed E-state index contributed by atoms with van der Waals surface area (Å²) >= 11 is 5.88. The summed E-state index contributed by atoms with van der Waals surface area (Å²) in [6.07, 6.45) is 7.24. The molecule has 0 aliphatic heterocycles. The molecule has 1 aromatic heterocycles. The van der Waals surface area contributed by atoms with Crippen LogP contribution in [0.5, 0.6) is 0 Å². The van der Waals surface area contributed by atoms with Crippen LogP contribution in [-0.2, 0) is 6.54 Å². The van der Waals surface area contributed by atoms with Crippen LogP contribution in [0.3, 0.4) is 0 Å². The summed E-state index contributed by atoms with van der Waals surface area (Å²) in [6, 6.07) is 8.41. The van der Waals surface area contributed by atoms with Crippen LogP contribution < -0.4 is 10.7 Å². The van der Waals surface area contributed by atoms with Gasteiger partial charge in [-0.25, -0.2) is 0 Å². The number of carbonyl (C=O) groups is 1. The normalized spacial score (nSPS) is 10.8. The lowest BCUT2D eigenvalue weighted by atomic mass is 10.1. The van der Waals surface area contributed by atoms with Crippen molar-refractivity contribution in [3.8, 4) is 0 Å². The first-order valence-corrected chi connectivity index (χ1v) is 10.1. The fraction of sp³-hybridized carbons (Fsp3) is 0.455. The van der Waals surface area contributed by atoms with Gasteiger partial charge in [0.1, 0.15) is 5.56 Å². The van der Waals surface area contributed by atoms with Gasteiger partial charge in [0.05, 0.1) is 0 Å². The molecule has 0 unspecified atom stereocenters. The summed E-state index contributed by atoms with van der Waals surface area (Å²) in [7, 11) is 0. The van der Waals surface area contributed by atoms with Crippen LogP contribution in [-0.4, -0.2) is 10.5 Å². The van der Waals surface area contributed by atoms with Gasteiger partial charge in [0.2, 0.25) is 0 Å². The topological polar surface area (TPSA) is 51.1 Å². The average Bonchev–Trinajstić information content (AvgIpc) is 2.62. The summed E-state index contributed by atoms with van der Waals surface area (Å²) in [4.78, 5) is 25.1. The monoisotopic (exact) mass is 388 g/mol. The predicted octanol–water partition coefficient (Wildman–Crippen LogP) is 5.73. The van der Waals surface area contributed by atoms with E-state index in [1.165, 1.54) is 25.7 Å². The molecule has 0 atom stereocenters. The van der Waals surface area contributed by atoms with Crippen molar-refractivity contribution in [1.29, 1.82) is 0 Å². The Morgan fingerprint density at radius 2 is 1.67 bits per heavy atom. The van der Waals surface area contributed by atoms with E-state index in [2.05, 4.69) is 16.8 Å². The van der Waals surface area contributed by atoms with Crippen LogP contribution in [0.2, 0.25) is 5.02 Å². The summed E-state index contributed by atoms with van der Waals surface area (Å²) in [5.41, 5.74) is 2.21. The van der Waals surface area contributed by atoms with Gasteiger partial charge >= 0.3 is 0 Å². The summed E-state index contributed by atoms with van der Waals surface area (Å²) < 4.78 is 2.08. The third-order valence-electron chi connectivity index (χ3n) is 4.84. The van der Waals surface area contributed by atoms with Gasteiger partial charge in [-0.05, 0) is 44.5 Å². The predicted molar refractivity (Wildman–Crippen MR) is 113 cm³/mol. The van der Waals surface area contributed by atoms with E-state index in [-0.39, 0.29) is 16.9 Å². The van der Waals surface area contributed by atoms with Gasteiger partial charge in [-0.3, -0.25) is 9.59 Å². The number of aryl methyl sites for hydroxylation is 1. The Kier molecular flexibility index (Phi) is 8.11. The molecule has 2 rings (SSSR count). The number of nitrogens with one attached hydrogen (secondary N) is 1. The lowest BCUT2D eigenvalue weighted by molar-refractivity contribution is 0.102. The quantitative estimate of drug-likeness (QED) is 0.557. The van der Waals surface area contributed by atoms with E-state index in [4.69, 9.17) is 11.6 Å². The van der Waals surface area contributed by atoms with Crippen LogP contribution >= 0.6 is 11.6 Å². The Balaban J connectivity index is 2.12. The maximum atomic E-state index is 12.7. The Morgan fingerprint density at radius 3 is 2.33 bits per heavy atom. The molecule has 0 saturated heterocycles. The Hall–Kier alpha value is -2.07. The maximum Gasteiger partial charge on any atom is 0.261 e. The molecule has 5 heteroatoms. The number of halogens is 1. The number of nitrogens with zero attached hydrogens (tertiary/aromatic N) is 1. The van der Waals surface area contributed by atoms with E-state index in [0.29, 0.717) is 10.7 Å². The zero-order valence-corrected chi connectivity index (χ0v) is 17.2. The molecule has 27 heavy (non-hydrogen) atoms. The molecule has 146 valence electrons. The molecule has 1 heterocycles. The van der Waals surface area contributed by atoms with Gasteiger partial charge in [0, 0.05) is 34.7 Å². The SMILES string of the molecule is CCCCCCCCn1c(C)cc(=O)c(C(=O)Nc2ccc(Cl)cc2)c1C. The number of anilines is 1. The van der Waals surface area contributed by atoms with Gasteiger partial charge < -0.3 is 9.88 Å². The number of hydrogen-bond acceptors (Lipinski definition) is 2. The molecule has 0 aliphatic carbocycles. The number of aromatic nitrogens is 1. The van der Waals surface area contributed by atoms with Crippen molar-refractivity contribution in [2.75, 3.05) is 5.32 Å². The minimum atomic E-state index is -0.378. The zero-order valence-electron chi connectivity index (χ0n) is 16.5. The Labute approximate surface area is 166 Å². The molecule has 0 aliphatic rings. The highest BCUT2D eigenvalue weighted by Crippen LogP contribution is 2.16. The molecule has 0 saturated carbocycles. The second-order valence-corrected chi connectivity index (χ2v) is 7.43. The van der Waals surface area contributed by atoms with Gasteiger partial charge in [-0.15, -0.1) is 0 Å². The van der Waals surface area contributed by atoms with E-state index < -0.39 is 0 Å². The number of rotatable bonds is 9. The lowest BCUT2D eigenvalue weighted by Gasteiger charge is -2.17. The van der Waals surface area contributed by atoms with E-state index in [1.54, 1.807) is 30.3 Å². The number of amides is 1. The standard InChI is InChI=1S/C22H29ClN2O2/c1-4-5-6-7-8-9-14-25-16(2)15-20(26)21(17(25)3)22(27)24-19-12-10-18(23)11-13-19/h10-13,15H,4-9,14H2,1-3H3,(H,24,27). The van der Waals surface area contributed by atoms with Crippen LogP contribution in [0.15, 0.2) is 35.1 Å². The highest BCUT2D eigenvalue weighted by Gasteiger charge is 2.17. The summed E-state index contributed by atoms with van der Waals surface area (Å²) in [6.45, 7) is 6.81. The molecule has 1 N–H and O–H groups in total. The van der Waals surface area contributed by atoms with Gasteiger partial charge in [0.15, 0.2) is 5.43 Å². The van der Waals surface area contributed by atoms with Gasteiger partial charge in [-0.1, -0.05) is 50.6 Å². The first-order chi connectivity index (χ1) is 12.9. The van der Waals surface area contributed by atoms with Gasteiger partial charge in [-0.2, -0.15) is 0 Å². The van der Waals surface area contributed by atoms with Crippen LogP contribution in [0.4, 0.5) is 5.69 Å². The molecule has 0 radical (unpaired) electrons. The van der Waals surface area contributed by atoms with Crippen molar-refractivity contribution in [3.05, 3.63) is 62.5 Å². The molecular formula is C22H29ClN2O2. The number of hydrogen-bond donors (Lipinski definition) is 1. The van der Waals surface area contributed by atoms with Crippen molar-refractivity contribution in [2.24, 2.45) is 0 Å². The van der Waals surface area contributed by atoms with Crippen LogP contribution in [0, 0.1) is 13.8 Å². The third-order valence-corrected chi connectivity index (χ3v) is 5.10. The zero-order chi connectivity index (χ0) is 19.8. The second-order valence-electron chi connectivity index (χ2n) is 6.99. The highest BCUT2D eigenvalue weighted by atomic mass is 35.5. The van der Waals surface area contributed by atoms with E-state index in [9.17, 15) is 9.59 Å². The smallest absolute Gasteiger partial charge is 0.261 e. The average molecular weight is 389 g/mol. The number of carbonyl (C=O) groups excluding carboxylic acids is 1. The maximum absolute atomic E-state index is 12.7. The summed E-state index contributed by atoms with van der Waals surface area (Å²) in [5.74, 6) is -0.378. The Morgan fingerprint density at radius 1 is 1.04 bits per heavy atom. The van der Waals surface area contributed by atoms with Crippen molar-refractivity contribution in [2.45, 2.75) is 65.8 Å². The van der Waals surface area contributed by atoms with E-state index in [0.717, 1.165) is 30.8 Å². The number of unbranched alkanes of at least 4 members (excludes halogenated alkanes) is 5. The second kappa shape index (κ2) is 10.3. The fourth-order valence-corrected chi connectivity index (χ4v) is 3.44. The largest absolute Gasteiger partial charge is 0.348 e. The third kappa shape index (κ3) is 5.96. The number of benzene rings is 1. The molecule has 2 aromatic rings. The fourth-order valence-electron chi connectivity index (χ4n) is 3.31. The molecule has 1 aromatic carbocycles. The molecule has 1 amide bonds. The molecule has 0 fully saturated rings. The van der Waals surface area contributed by atoms with Crippen LogP contribution in [0.25, 0.3) is 0 Å².